The first-order valence-corrected chi connectivity index (χ1v) is 6.75. The number of benzene rings is 2. The van der Waals surface area contributed by atoms with Gasteiger partial charge in [-0.1, -0.05) is 39.7 Å². The number of aromatic hydroxyl groups is 1. The van der Waals surface area contributed by atoms with E-state index in [0.29, 0.717) is 0 Å². The number of halogens is 2. The summed E-state index contributed by atoms with van der Waals surface area (Å²) in [7, 11) is 0. The Bertz CT molecular complexity index is 528. The summed E-state index contributed by atoms with van der Waals surface area (Å²) in [5, 5.41) is 13.3. The maximum atomic E-state index is 9.19. The first kappa shape index (κ1) is 13.4. The van der Waals surface area contributed by atoms with Crippen molar-refractivity contribution in [2.24, 2.45) is 0 Å². The molecule has 2 N–H and O–H groups in total. The van der Waals surface area contributed by atoms with Crippen molar-refractivity contribution < 1.29 is 5.11 Å². The van der Waals surface area contributed by atoms with Gasteiger partial charge in [-0.05, 0) is 41.5 Å². The van der Waals surface area contributed by atoms with Crippen molar-refractivity contribution in [3.63, 3.8) is 0 Å². The molecule has 2 rings (SSSR count). The van der Waals surface area contributed by atoms with Crippen LogP contribution in [0.5, 0.6) is 5.75 Å². The Morgan fingerprint density at radius 3 is 2.50 bits per heavy atom. The molecule has 0 radical (unpaired) electrons. The third kappa shape index (κ3) is 3.73. The van der Waals surface area contributed by atoms with E-state index in [4.69, 9.17) is 11.6 Å². The number of hydrogen-bond donors (Lipinski definition) is 2. The van der Waals surface area contributed by atoms with E-state index in [1.165, 1.54) is 0 Å². The molecule has 18 heavy (non-hydrogen) atoms. The quantitative estimate of drug-likeness (QED) is 0.886. The minimum absolute atomic E-state index is 0.288. The fraction of sp³-hybridized carbons (Fsp3) is 0.143. The molecule has 0 bridgehead atoms. The smallest absolute Gasteiger partial charge is 0.115 e. The van der Waals surface area contributed by atoms with E-state index < -0.39 is 0 Å². The first-order valence-electron chi connectivity index (χ1n) is 5.58. The lowest BCUT2D eigenvalue weighted by Gasteiger charge is -2.07. The van der Waals surface area contributed by atoms with Crippen LogP contribution in [0.25, 0.3) is 0 Å². The molecule has 0 spiro atoms. The van der Waals surface area contributed by atoms with Crippen molar-refractivity contribution in [2.75, 3.05) is 0 Å². The zero-order valence-corrected chi connectivity index (χ0v) is 12.0. The van der Waals surface area contributed by atoms with Crippen LogP contribution < -0.4 is 5.32 Å². The summed E-state index contributed by atoms with van der Waals surface area (Å²) in [4.78, 5) is 0. The van der Waals surface area contributed by atoms with Gasteiger partial charge in [-0.2, -0.15) is 0 Å². The van der Waals surface area contributed by atoms with Gasteiger partial charge in [0.25, 0.3) is 0 Å². The molecule has 0 aliphatic carbocycles. The van der Waals surface area contributed by atoms with Crippen LogP contribution in [-0.4, -0.2) is 5.11 Å². The number of nitrogens with one attached hydrogen (secondary N) is 1. The highest BCUT2D eigenvalue weighted by Crippen LogP contribution is 2.21. The van der Waals surface area contributed by atoms with Crippen LogP contribution in [0.2, 0.25) is 5.02 Å². The largest absolute Gasteiger partial charge is 0.508 e. The Morgan fingerprint density at radius 2 is 1.78 bits per heavy atom. The average molecular weight is 327 g/mol. The normalized spacial score (nSPS) is 10.6. The zero-order chi connectivity index (χ0) is 13.0. The molecule has 94 valence electrons. The summed E-state index contributed by atoms with van der Waals surface area (Å²) in [5.41, 5.74) is 2.26. The molecule has 0 saturated heterocycles. The van der Waals surface area contributed by atoms with Crippen LogP contribution in [-0.2, 0) is 13.1 Å². The van der Waals surface area contributed by atoms with Gasteiger partial charge in [0.2, 0.25) is 0 Å². The zero-order valence-electron chi connectivity index (χ0n) is 9.66. The Morgan fingerprint density at radius 1 is 1.06 bits per heavy atom. The molecule has 2 aromatic carbocycles. The summed E-state index contributed by atoms with van der Waals surface area (Å²) in [6, 6.07) is 12.9. The molecule has 2 nitrogen and oxygen atoms in total. The van der Waals surface area contributed by atoms with E-state index in [-0.39, 0.29) is 5.75 Å². The molecule has 4 heteroatoms. The summed E-state index contributed by atoms with van der Waals surface area (Å²) in [6.07, 6.45) is 0. The van der Waals surface area contributed by atoms with Gasteiger partial charge in [-0.25, -0.2) is 0 Å². The lowest BCUT2D eigenvalue weighted by molar-refractivity contribution is 0.475. The molecule has 0 amide bonds. The van der Waals surface area contributed by atoms with Gasteiger partial charge in [0.1, 0.15) is 5.75 Å². The lowest BCUT2D eigenvalue weighted by Crippen LogP contribution is -2.12. The van der Waals surface area contributed by atoms with Crippen molar-refractivity contribution in [2.45, 2.75) is 13.1 Å². The number of rotatable bonds is 4. The highest BCUT2D eigenvalue weighted by molar-refractivity contribution is 9.10. The fourth-order valence-electron chi connectivity index (χ4n) is 1.63. The van der Waals surface area contributed by atoms with Crippen molar-refractivity contribution in [1.29, 1.82) is 0 Å². The minimum Gasteiger partial charge on any atom is -0.508 e. The maximum Gasteiger partial charge on any atom is 0.115 e. The van der Waals surface area contributed by atoms with E-state index in [1.54, 1.807) is 12.1 Å². The van der Waals surface area contributed by atoms with Gasteiger partial charge in [-0.15, -0.1) is 0 Å². The van der Waals surface area contributed by atoms with Crippen LogP contribution in [0.15, 0.2) is 46.9 Å². The minimum atomic E-state index is 0.288. The average Bonchev–Trinajstić information content (AvgIpc) is 2.36. The lowest BCUT2D eigenvalue weighted by atomic mass is 10.2. The van der Waals surface area contributed by atoms with Crippen LogP contribution in [0.1, 0.15) is 11.1 Å². The molecule has 0 aromatic heterocycles. The van der Waals surface area contributed by atoms with Crippen LogP contribution in [0, 0.1) is 0 Å². The highest BCUT2D eigenvalue weighted by Gasteiger charge is 2.01. The highest BCUT2D eigenvalue weighted by atomic mass is 79.9. The molecule has 0 unspecified atom stereocenters. The summed E-state index contributed by atoms with van der Waals surface area (Å²) < 4.78 is 1.05. The third-order valence-corrected chi connectivity index (χ3v) is 3.60. The molecular weight excluding hydrogens is 314 g/mol. The second-order valence-corrected chi connectivity index (χ2v) is 5.30. The number of phenols is 1. The summed E-state index contributed by atoms with van der Waals surface area (Å²) >= 11 is 9.45. The fourth-order valence-corrected chi connectivity index (χ4v) is 2.22. The summed E-state index contributed by atoms with van der Waals surface area (Å²) in [5.74, 6) is 0.288. The van der Waals surface area contributed by atoms with E-state index >= 15 is 0 Å². The van der Waals surface area contributed by atoms with E-state index in [0.717, 1.165) is 33.7 Å². The van der Waals surface area contributed by atoms with Gasteiger partial charge in [0.15, 0.2) is 0 Å². The maximum absolute atomic E-state index is 9.19. The van der Waals surface area contributed by atoms with Crippen LogP contribution >= 0.6 is 27.5 Å². The number of phenolic OH excluding ortho intramolecular Hbond substituents is 1. The topological polar surface area (TPSA) is 32.3 Å². The second kappa shape index (κ2) is 6.23. The van der Waals surface area contributed by atoms with Crippen molar-refractivity contribution in [3.8, 4) is 5.75 Å². The van der Waals surface area contributed by atoms with Gasteiger partial charge in [0, 0.05) is 22.6 Å². The molecule has 0 saturated carbocycles. The molecule has 2 aromatic rings. The van der Waals surface area contributed by atoms with E-state index in [9.17, 15) is 5.11 Å². The molecular formula is C14H13BrClNO. The molecule has 0 atom stereocenters. The van der Waals surface area contributed by atoms with Crippen molar-refractivity contribution in [1.82, 2.24) is 5.32 Å². The van der Waals surface area contributed by atoms with Gasteiger partial charge >= 0.3 is 0 Å². The molecule has 0 fully saturated rings. The Balaban J connectivity index is 1.92. The van der Waals surface area contributed by atoms with Crippen molar-refractivity contribution >= 4 is 27.5 Å². The molecule has 0 aliphatic rings. The Hall–Kier alpha value is -1.03. The monoisotopic (exact) mass is 325 g/mol. The third-order valence-electron chi connectivity index (χ3n) is 2.59. The SMILES string of the molecule is Oc1ccc(CNCc2cc(Cl)ccc2Br)cc1. The molecule has 0 aliphatic heterocycles. The number of hydrogen-bond acceptors (Lipinski definition) is 2. The molecule has 0 heterocycles. The van der Waals surface area contributed by atoms with Crippen LogP contribution in [0.4, 0.5) is 0 Å². The van der Waals surface area contributed by atoms with Gasteiger partial charge in [-0.3, -0.25) is 0 Å². The van der Waals surface area contributed by atoms with Gasteiger partial charge in [0.05, 0.1) is 0 Å². The van der Waals surface area contributed by atoms with Crippen molar-refractivity contribution in [3.05, 3.63) is 63.1 Å². The second-order valence-electron chi connectivity index (χ2n) is 4.01. The predicted molar refractivity (Wildman–Crippen MR) is 77.8 cm³/mol. The van der Waals surface area contributed by atoms with E-state index in [2.05, 4.69) is 21.2 Å². The Labute approximate surface area is 120 Å². The standard InChI is InChI=1S/C14H13BrClNO/c15-14-6-3-12(16)7-11(14)9-17-8-10-1-4-13(18)5-2-10/h1-7,17-18H,8-9H2. The first-order chi connectivity index (χ1) is 8.65. The van der Waals surface area contributed by atoms with Crippen LogP contribution in [0.3, 0.4) is 0 Å². The Kier molecular flexibility index (Phi) is 4.64. The predicted octanol–water partition coefficient (Wildman–Crippen LogP) is 4.10. The van der Waals surface area contributed by atoms with E-state index in [1.807, 2.05) is 30.3 Å². The summed E-state index contributed by atoms with van der Waals surface area (Å²) in [6.45, 7) is 1.49. The van der Waals surface area contributed by atoms with Gasteiger partial charge < -0.3 is 10.4 Å².